The molecule has 1 aromatic rings. The zero-order valence-electron chi connectivity index (χ0n) is 12.4. The fourth-order valence-electron chi connectivity index (χ4n) is 1.68. The van der Waals surface area contributed by atoms with Crippen molar-refractivity contribution >= 4 is 5.78 Å². The summed E-state index contributed by atoms with van der Waals surface area (Å²) >= 11 is 0. The minimum Gasteiger partial charge on any atom is -0.490 e. The van der Waals surface area contributed by atoms with Crippen LogP contribution in [0.25, 0.3) is 0 Å². The Bertz CT molecular complexity index is 410. The van der Waals surface area contributed by atoms with Crippen molar-refractivity contribution in [1.29, 1.82) is 0 Å². The molecule has 0 N–H and O–H groups in total. The van der Waals surface area contributed by atoms with Crippen LogP contribution in [-0.2, 0) is 4.74 Å². The second kappa shape index (κ2) is 7.95. The van der Waals surface area contributed by atoms with Gasteiger partial charge in [0.2, 0.25) is 0 Å². The highest BCUT2D eigenvalue weighted by Crippen LogP contribution is 2.20. The molecule has 3 nitrogen and oxygen atoms in total. The number of hydrogen-bond acceptors (Lipinski definition) is 3. The molecule has 1 aromatic carbocycles. The molecule has 0 fully saturated rings. The van der Waals surface area contributed by atoms with Crippen molar-refractivity contribution in [2.45, 2.75) is 34.1 Å². The predicted molar refractivity (Wildman–Crippen MR) is 77.0 cm³/mol. The van der Waals surface area contributed by atoms with E-state index in [1.807, 2.05) is 25.1 Å². The van der Waals surface area contributed by atoms with E-state index in [2.05, 4.69) is 13.8 Å². The minimum atomic E-state index is 0.0272. The molecule has 0 spiro atoms. The molecular formula is C16H24O3. The summed E-state index contributed by atoms with van der Waals surface area (Å²) in [6, 6.07) is 5.65. The van der Waals surface area contributed by atoms with Gasteiger partial charge < -0.3 is 9.47 Å². The summed E-state index contributed by atoms with van der Waals surface area (Å²) in [5.41, 5.74) is 1.70. The SMILES string of the molecule is CC(=O)c1cc(C)ccc1OCCOCCC(C)C. The number of rotatable bonds is 8. The van der Waals surface area contributed by atoms with Crippen molar-refractivity contribution in [2.24, 2.45) is 5.92 Å². The summed E-state index contributed by atoms with van der Waals surface area (Å²) in [4.78, 5) is 11.5. The molecule has 0 bridgehead atoms. The van der Waals surface area contributed by atoms with Crippen molar-refractivity contribution in [3.8, 4) is 5.75 Å². The molecule has 0 saturated carbocycles. The van der Waals surface area contributed by atoms with Gasteiger partial charge in [-0.15, -0.1) is 0 Å². The van der Waals surface area contributed by atoms with Crippen LogP contribution in [0, 0.1) is 12.8 Å². The smallest absolute Gasteiger partial charge is 0.163 e. The van der Waals surface area contributed by atoms with Gasteiger partial charge in [-0.05, 0) is 38.3 Å². The first kappa shape index (κ1) is 15.7. The highest BCUT2D eigenvalue weighted by molar-refractivity contribution is 5.97. The molecule has 0 heterocycles. The Balaban J connectivity index is 2.39. The van der Waals surface area contributed by atoms with E-state index in [-0.39, 0.29) is 5.78 Å². The van der Waals surface area contributed by atoms with E-state index in [1.165, 1.54) is 0 Å². The number of ether oxygens (including phenoxy) is 2. The first-order valence-corrected chi connectivity index (χ1v) is 6.83. The lowest BCUT2D eigenvalue weighted by Crippen LogP contribution is -2.10. The molecular weight excluding hydrogens is 240 g/mol. The van der Waals surface area contributed by atoms with E-state index >= 15 is 0 Å². The van der Waals surface area contributed by atoms with Gasteiger partial charge in [0.15, 0.2) is 5.78 Å². The average molecular weight is 264 g/mol. The average Bonchev–Trinajstić information content (AvgIpc) is 2.34. The van der Waals surface area contributed by atoms with Gasteiger partial charge >= 0.3 is 0 Å². The van der Waals surface area contributed by atoms with Gasteiger partial charge in [0.05, 0.1) is 12.2 Å². The van der Waals surface area contributed by atoms with Gasteiger partial charge in [0, 0.05) is 6.61 Å². The monoisotopic (exact) mass is 264 g/mol. The third kappa shape index (κ3) is 5.88. The number of ketones is 1. The third-order valence-corrected chi connectivity index (χ3v) is 2.84. The highest BCUT2D eigenvalue weighted by Gasteiger charge is 2.08. The van der Waals surface area contributed by atoms with Crippen LogP contribution in [-0.4, -0.2) is 25.6 Å². The molecule has 3 heteroatoms. The Kier molecular flexibility index (Phi) is 6.57. The first-order chi connectivity index (χ1) is 9.00. The van der Waals surface area contributed by atoms with Crippen molar-refractivity contribution < 1.29 is 14.3 Å². The van der Waals surface area contributed by atoms with Crippen LogP contribution in [0.15, 0.2) is 18.2 Å². The van der Waals surface area contributed by atoms with Gasteiger partial charge in [0.1, 0.15) is 12.4 Å². The maximum Gasteiger partial charge on any atom is 0.163 e. The van der Waals surface area contributed by atoms with Gasteiger partial charge in [-0.1, -0.05) is 25.5 Å². The van der Waals surface area contributed by atoms with Crippen LogP contribution in [0.1, 0.15) is 43.1 Å². The quantitative estimate of drug-likeness (QED) is 0.531. The van der Waals surface area contributed by atoms with Crippen LogP contribution in [0.3, 0.4) is 0 Å². The van der Waals surface area contributed by atoms with Gasteiger partial charge in [-0.25, -0.2) is 0 Å². The van der Waals surface area contributed by atoms with E-state index < -0.39 is 0 Å². The maximum atomic E-state index is 11.5. The molecule has 0 aliphatic carbocycles. The fourth-order valence-corrected chi connectivity index (χ4v) is 1.68. The molecule has 0 amide bonds. The van der Waals surface area contributed by atoms with Crippen molar-refractivity contribution in [3.63, 3.8) is 0 Å². The first-order valence-electron chi connectivity index (χ1n) is 6.83. The second-order valence-corrected chi connectivity index (χ2v) is 5.20. The van der Waals surface area contributed by atoms with Gasteiger partial charge in [-0.2, -0.15) is 0 Å². The largest absolute Gasteiger partial charge is 0.490 e. The number of aryl methyl sites for hydroxylation is 1. The molecule has 0 radical (unpaired) electrons. The Morgan fingerprint density at radius 1 is 1.21 bits per heavy atom. The minimum absolute atomic E-state index is 0.0272. The standard InChI is InChI=1S/C16H24O3/c1-12(2)7-8-18-9-10-19-16-6-5-13(3)11-15(16)14(4)17/h5-6,11-12H,7-10H2,1-4H3. The molecule has 106 valence electrons. The topological polar surface area (TPSA) is 35.5 Å². The fraction of sp³-hybridized carbons (Fsp3) is 0.562. The Labute approximate surface area is 115 Å². The Hall–Kier alpha value is -1.35. The third-order valence-electron chi connectivity index (χ3n) is 2.84. The molecule has 0 aliphatic rings. The summed E-state index contributed by atoms with van der Waals surface area (Å²) in [5.74, 6) is 1.33. The number of carbonyl (C=O) groups excluding carboxylic acids is 1. The van der Waals surface area contributed by atoms with Crippen LogP contribution >= 0.6 is 0 Å². The van der Waals surface area contributed by atoms with E-state index in [9.17, 15) is 4.79 Å². The van der Waals surface area contributed by atoms with Crippen LogP contribution < -0.4 is 4.74 Å². The molecule has 0 atom stereocenters. The van der Waals surface area contributed by atoms with Gasteiger partial charge in [-0.3, -0.25) is 4.79 Å². The lowest BCUT2D eigenvalue weighted by molar-refractivity contribution is 0.0907. The highest BCUT2D eigenvalue weighted by atomic mass is 16.5. The maximum absolute atomic E-state index is 11.5. The number of Topliss-reactive ketones (excluding diaryl/α,β-unsaturated/α-hetero) is 1. The number of hydrogen-bond donors (Lipinski definition) is 0. The zero-order chi connectivity index (χ0) is 14.3. The van der Waals surface area contributed by atoms with Crippen molar-refractivity contribution in [2.75, 3.05) is 19.8 Å². The lowest BCUT2D eigenvalue weighted by Gasteiger charge is -2.11. The van der Waals surface area contributed by atoms with Gasteiger partial charge in [0.25, 0.3) is 0 Å². The number of benzene rings is 1. The van der Waals surface area contributed by atoms with E-state index in [4.69, 9.17) is 9.47 Å². The molecule has 1 rings (SSSR count). The molecule has 0 unspecified atom stereocenters. The summed E-state index contributed by atoms with van der Waals surface area (Å²) < 4.78 is 11.1. The Morgan fingerprint density at radius 3 is 2.58 bits per heavy atom. The molecule has 0 aliphatic heterocycles. The molecule has 19 heavy (non-hydrogen) atoms. The Morgan fingerprint density at radius 2 is 1.95 bits per heavy atom. The van der Waals surface area contributed by atoms with Crippen LogP contribution in [0.2, 0.25) is 0 Å². The van der Waals surface area contributed by atoms with Crippen LogP contribution in [0.5, 0.6) is 5.75 Å². The van der Waals surface area contributed by atoms with Crippen molar-refractivity contribution in [1.82, 2.24) is 0 Å². The van der Waals surface area contributed by atoms with Crippen molar-refractivity contribution in [3.05, 3.63) is 29.3 Å². The molecule has 0 aromatic heterocycles. The summed E-state index contributed by atoms with van der Waals surface area (Å²) in [6.07, 6.45) is 1.06. The van der Waals surface area contributed by atoms with E-state index in [0.717, 1.165) is 18.6 Å². The predicted octanol–water partition coefficient (Wildman–Crippen LogP) is 3.64. The van der Waals surface area contributed by atoms with Crippen LogP contribution in [0.4, 0.5) is 0 Å². The van der Waals surface area contributed by atoms with E-state index in [1.54, 1.807) is 6.92 Å². The number of carbonyl (C=O) groups is 1. The lowest BCUT2D eigenvalue weighted by atomic mass is 10.1. The summed E-state index contributed by atoms with van der Waals surface area (Å²) in [6.45, 7) is 9.65. The van der Waals surface area contributed by atoms with E-state index in [0.29, 0.717) is 30.4 Å². The summed E-state index contributed by atoms with van der Waals surface area (Å²) in [7, 11) is 0. The summed E-state index contributed by atoms with van der Waals surface area (Å²) in [5, 5.41) is 0. The normalized spacial score (nSPS) is 10.8. The molecule has 0 saturated heterocycles. The zero-order valence-corrected chi connectivity index (χ0v) is 12.4. The second-order valence-electron chi connectivity index (χ2n) is 5.20.